The van der Waals surface area contributed by atoms with Crippen molar-refractivity contribution < 1.29 is 9.47 Å². The molecule has 0 aromatic rings. The van der Waals surface area contributed by atoms with Gasteiger partial charge in [0.2, 0.25) is 0 Å². The Balaban J connectivity index is 2.28. The van der Waals surface area contributed by atoms with Crippen molar-refractivity contribution in [1.29, 1.82) is 0 Å². The second-order valence-electron chi connectivity index (χ2n) is 4.16. The Hall–Kier alpha value is 0.170. The van der Waals surface area contributed by atoms with Gasteiger partial charge in [-0.25, -0.2) is 0 Å². The molecule has 0 amide bonds. The molecule has 0 saturated carbocycles. The molecule has 0 spiro atoms. The Kier molecular flexibility index (Phi) is 7.44. The molecule has 0 bridgehead atoms. The third-order valence-corrected chi connectivity index (χ3v) is 4.21. The van der Waals surface area contributed by atoms with Gasteiger partial charge in [-0.15, -0.1) is 24.8 Å². The summed E-state index contributed by atoms with van der Waals surface area (Å²) in [4.78, 5) is 0.306. The lowest BCUT2D eigenvalue weighted by Crippen LogP contribution is -2.22. The number of ether oxygens (including phenoxy) is 2. The Morgan fingerprint density at radius 1 is 1.47 bits per heavy atom. The van der Waals surface area contributed by atoms with Crippen LogP contribution in [0.1, 0.15) is 19.3 Å². The van der Waals surface area contributed by atoms with Gasteiger partial charge in [0.05, 0.1) is 24.2 Å². The summed E-state index contributed by atoms with van der Waals surface area (Å²) in [5.74, 6) is 0. The first-order chi connectivity index (χ1) is 8.19. The molecule has 4 heteroatoms. The van der Waals surface area contributed by atoms with Crippen molar-refractivity contribution in [2.75, 3.05) is 13.2 Å². The lowest BCUT2D eigenvalue weighted by atomic mass is 10.1. The normalized spacial score (nSPS) is 30.1. The lowest BCUT2D eigenvalue weighted by Gasteiger charge is -2.17. The van der Waals surface area contributed by atoms with Crippen LogP contribution in [-0.2, 0) is 9.47 Å². The Labute approximate surface area is 117 Å². The quantitative estimate of drug-likeness (QED) is 0.385. The molecule has 1 saturated heterocycles. The second-order valence-corrected chi connectivity index (χ2v) is 5.89. The Morgan fingerprint density at radius 3 is 2.88 bits per heavy atom. The third kappa shape index (κ3) is 5.12. The van der Waals surface area contributed by atoms with Crippen LogP contribution in [0.4, 0.5) is 0 Å². The van der Waals surface area contributed by atoms with Gasteiger partial charge in [-0.2, -0.15) is 0 Å². The monoisotopic (exact) mass is 322 g/mol. The molecule has 0 radical (unpaired) electrons. The zero-order valence-corrected chi connectivity index (χ0v) is 12.3. The number of hydrogen-bond donors (Lipinski definition) is 0. The summed E-state index contributed by atoms with van der Waals surface area (Å²) in [5.41, 5.74) is 0. The molecule has 1 unspecified atom stereocenters. The van der Waals surface area contributed by atoms with Crippen LogP contribution < -0.4 is 0 Å². The SMILES string of the molecule is C=CCOCC[C@H]1O[C@H]([C@@H](Br)CC=C)CC1Cl. The number of rotatable bonds is 8. The van der Waals surface area contributed by atoms with E-state index >= 15 is 0 Å². The molecule has 4 atom stereocenters. The molecule has 1 aliphatic rings. The van der Waals surface area contributed by atoms with Gasteiger partial charge in [0.1, 0.15) is 0 Å². The van der Waals surface area contributed by atoms with Gasteiger partial charge in [0.15, 0.2) is 0 Å². The van der Waals surface area contributed by atoms with Crippen LogP contribution in [0.2, 0.25) is 0 Å². The molecule has 1 fully saturated rings. The summed E-state index contributed by atoms with van der Waals surface area (Å²) in [6.45, 7) is 8.59. The summed E-state index contributed by atoms with van der Waals surface area (Å²) in [5, 5.41) is 0.0807. The van der Waals surface area contributed by atoms with Gasteiger partial charge >= 0.3 is 0 Å². The summed E-state index contributed by atoms with van der Waals surface area (Å²) < 4.78 is 11.3. The van der Waals surface area contributed by atoms with E-state index in [1.54, 1.807) is 6.08 Å². The standard InChI is InChI=1S/C13H20BrClO2/c1-3-5-10(14)13-9-11(15)12(17-13)6-8-16-7-4-2/h3-4,10-13H,1-2,5-9H2/t10-,11?,12+,13-/m0/s1. The molecule has 0 N–H and O–H groups in total. The van der Waals surface area contributed by atoms with E-state index in [1.807, 2.05) is 6.08 Å². The van der Waals surface area contributed by atoms with E-state index in [0.29, 0.717) is 18.0 Å². The molecule has 17 heavy (non-hydrogen) atoms. The van der Waals surface area contributed by atoms with Crippen molar-refractivity contribution >= 4 is 27.5 Å². The van der Waals surface area contributed by atoms with Crippen LogP contribution in [0.25, 0.3) is 0 Å². The molecule has 2 nitrogen and oxygen atoms in total. The largest absolute Gasteiger partial charge is 0.377 e. The molecule has 1 rings (SSSR count). The van der Waals surface area contributed by atoms with Crippen LogP contribution in [0.3, 0.4) is 0 Å². The highest BCUT2D eigenvalue weighted by molar-refractivity contribution is 9.09. The van der Waals surface area contributed by atoms with Crippen LogP contribution in [-0.4, -0.2) is 35.6 Å². The van der Waals surface area contributed by atoms with Gasteiger partial charge in [-0.1, -0.05) is 28.1 Å². The molecule has 98 valence electrons. The highest BCUT2D eigenvalue weighted by Gasteiger charge is 2.36. The van der Waals surface area contributed by atoms with Crippen LogP contribution in [0.5, 0.6) is 0 Å². The van der Waals surface area contributed by atoms with E-state index in [-0.39, 0.29) is 17.6 Å². The predicted molar refractivity (Wildman–Crippen MR) is 76.1 cm³/mol. The minimum Gasteiger partial charge on any atom is -0.377 e. The van der Waals surface area contributed by atoms with Crippen molar-refractivity contribution in [2.24, 2.45) is 0 Å². The van der Waals surface area contributed by atoms with Gasteiger partial charge in [0.25, 0.3) is 0 Å². The van der Waals surface area contributed by atoms with E-state index in [9.17, 15) is 0 Å². The van der Waals surface area contributed by atoms with Crippen molar-refractivity contribution in [3.05, 3.63) is 25.3 Å². The van der Waals surface area contributed by atoms with Crippen LogP contribution >= 0.6 is 27.5 Å². The van der Waals surface area contributed by atoms with Crippen molar-refractivity contribution in [3.8, 4) is 0 Å². The average Bonchev–Trinajstić information content (AvgIpc) is 2.67. The number of hydrogen-bond acceptors (Lipinski definition) is 2. The topological polar surface area (TPSA) is 18.5 Å². The van der Waals surface area contributed by atoms with Gasteiger partial charge < -0.3 is 9.47 Å². The Morgan fingerprint density at radius 2 is 2.24 bits per heavy atom. The first-order valence-corrected chi connectivity index (χ1v) is 7.27. The van der Waals surface area contributed by atoms with Crippen molar-refractivity contribution in [1.82, 2.24) is 0 Å². The zero-order valence-electron chi connectivity index (χ0n) is 9.99. The maximum atomic E-state index is 6.28. The maximum absolute atomic E-state index is 6.28. The molecule has 0 aromatic heterocycles. The Bertz CT molecular complexity index is 248. The van der Waals surface area contributed by atoms with E-state index in [1.165, 1.54) is 0 Å². The van der Waals surface area contributed by atoms with Gasteiger partial charge in [-0.3, -0.25) is 0 Å². The van der Waals surface area contributed by atoms with Crippen LogP contribution in [0.15, 0.2) is 25.3 Å². The fourth-order valence-electron chi connectivity index (χ4n) is 1.90. The molecule has 1 aliphatic heterocycles. The predicted octanol–water partition coefficient (Wildman–Crippen LogP) is 3.68. The average molecular weight is 324 g/mol. The van der Waals surface area contributed by atoms with Crippen molar-refractivity contribution in [3.63, 3.8) is 0 Å². The smallest absolute Gasteiger partial charge is 0.0765 e. The summed E-state index contributed by atoms with van der Waals surface area (Å²) in [6, 6.07) is 0. The fourth-order valence-corrected chi connectivity index (χ4v) is 2.86. The first kappa shape index (κ1) is 15.2. The highest BCUT2D eigenvalue weighted by atomic mass is 79.9. The molecule has 0 aromatic carbocycles. The molecular weight excluding hydrogens is 303 g/mol. The second kappa shape index (κ2) is 8.30. The molecular formula is C13H20BrClO2. The van der Waals surface area contributed by atoms with Gasteiger partial charge in [-0.05, 0) is 19.3 Å². The van der Waals surface area contributed by atoms with E-state index in [0.717, 1.165) is 19.3 Å². The zero-order chi connectivity index (χ0) is 12.7. The minimum absolute atomic E-state index is 0.0807. The van der Waals surface area contributed by atoms with E-state index < -0.39 is 0 Å². The van der Waals surface area contributed by atoms with Gasteiger partial charge in [0, 0.05) is 11.4 Å². The third-order valence-electron chi connectivity index (χ3n) is 2.79. The summed E-state index contributed by atoms with van der Waals surface area (Å²) in [6.07, 6.45) is 6.54. The first-order valence-electron chi connectivity index (χ1n) is 5.92. The highest BCUT2D eigenvalue weighted by Crippen LogP contribution is 2.32. The molecule has 1 heterocycles. The van der Waals surface area contributed by atoms with E-state index in [2.05, 4.69) is 29.1 Å². The summed E-state index contributed by atoms with van der Waals surface area (Å²) >= 11 is 9.90. The maximum Gasteiger partial charge on any atom is 0.0765 e. The van der Waals surface area contributed by atoms with E-state index in [4.69, 9.17) is 21.1 Å². The summed E-state index contributed by atoms with van der Waals surface area (Å²) in [7, 11) is 0. The van der Waals surface area contributed by atoms with Crippen molar-refractivity contribution in [2.45, 2.75) is 41.7 Å². The fraction of sp³-hybridized carbons (Fsp3) is 0.692. The number of halogens is 2. The van der Waals surface area contributed by atoms with Crippen LogP contribution in [0, 0.1) is 0 Å². The number of allylic oxidation sites excluding steroid dienone is 1. The molecule has 0 aliphatic carbocycles. The number of alkyl halides is 2. The lowest BCUT2D eigenvalue weighted by molar-refractivity contribution is 0.0236. The minimum atomic E-state index is 0.0807.